The highest BCUT2D eigenvalue weighted by Crippen LogP contribution is 2.29. The Labute approximate surface area is 152 Å². The first-order chi connectivity index (χ1) is 12.2. The Morgan fingerprint density at radius 3 is 2.72 bits per heavy atom. The molecule has 0 fully saturated rings. The average Bonchev–Trinajstić information content (AvgIpc) is 3.30. The van der Waals surface area contributed by atoms with Crippen LogP contribution in [0.2, 0.25) is 0 Å². The topological polar surface area (TPSA) is 62.3 Å². The molecule has 0 unspecified atom stereocenters. The van der Waals surface area contributed by atoms with Crippen molar-refractivity contribution in [1.82, 2.24) is 9.88 Å². The van der Waals surface area contributed by atoms with Gasteiger partial charge in [0.15, 0.2) is 5.13 Å². The number of rotatable bonds is 3. The Balaban J connectivity index is 1.48. The average molecular weight is 369 g/mol. The van der Waals surface area contributed by atoms with Gasteiger partial charge in [-0.2, -0.15) is 0 Å². The second kappa shape index (κ2) is 6.78. The van der Waals surface area contributed by atoms with Gasteiger partial charge in [0.05, 0.1) is 17.1 Å². The smallest absolute Gasteiger partial charge is 0.267 e. The van der Waals surface area contributed by atoms with Crippen molar-refractivity contribution in [3.8, 4) is 0 Å². The molecular formula is C18H15N3O2S2. The number of amides is 2. The minimum absolute atomic E-state index is 0.0313. The summed E-state index contributed by atoms with van der Waals surface area (Å²) in [5.74, 6) is -0.109. The molecule has 0 saturated carbocycles. The van der Waals surface area contributed by atoms with Crippen LogP contribution in [0, 0.1) is 0 Å². The first-order valence-corrected chi connectivity index (χ1v) is 9.58. The largest absolute Gasteiger partial charge is 0.333 e. The van der Waals surface area contributed by atoms with Gasteiger partial charge >= 0.3 is 0 Å². The molecule has 0 atom stereocenters. The van der Waals surface area contributed by atoms with Crippen LogP contribution >= 0.6 is 22.7 Å². The molecule has 7 heteroatoms. The molecule has 0 aliphatic carbocycles. The summed E-state index contributed by atoms with van der Waals surface area (Å²) in [7, 11) is 0. The van der Waals surface area contributed by atoms with Crippen LogP contribution < -0.4 is 5.32 Å². The van der Waals surface area contributed by atoms with Gasteiger partial charge < -0.3 is 4.90 Å². The van der Waals surface area contributed by atoms with Gasteiger partial charge in [-0.05, 0) is 23.6 Å². The van der Waals surface area contributed by atoms with E-state index in [9.17, 15) is 9.59 Å². The highest BCUT2D eigenvalue weighted by atomic mass is 32.1. The summed E-state index contributed by atoms with van der Waals surface area (Å²) in [4.78, 5) is 32.8. The van der Waals surface area contributed by atoms with E-state index in [1.54, 1.807) is 6.07 Å². The maximum absolute atomic E-state index is 12.6. The van der Waals surface area contributed by atoms with Crippen LogP contribution in [0.5, 0.6) is 0 Å². The maximum atomic E-state index is 12.6. The van der Waals surface area contributed by atoms with Crippen LogP contribution in [0.3, 0.4) is 0 Å². The van der Waals surface area contributed by atoms with Crippen LogP contribution in [0.1, 0.15) is 30.6 Å². The van der Waals surface area contributed by atoms with Crippen molar-refractivity contribution in [2.45, 2.75) is 13.0 Å². The van der Waals surface area contributed by atoms with E-state index in [2.05, 4.69) is 10.3 Å². The highest BCUT2D eigenvalue weighted by molar-refractivity contribution is 7.16. The number of thiazole rings is 1. The monoisotopic (exact) mass is 369 g/mol. The van der Waals surface area contributed by atoms with E-state index in [1.807, 2.05) is 46.7 Å². The lowest BCUT2D eigenvalue weighted by molar-refractivity contribution is 0.0736. The summed E-state index contributed by atoms with van der Waals surface area (Å²) in [6, 6.07) is 12.9. The normalized spacial score (nSPS) is 13.4. The quantitative estimate of drug-likeness (QED) is 0.766. The van der Waals surface area contributed by atoms with Gasteiger partial charge in [0.1, 0.15) is 0 Å². The Morgan fingerprint density at radius 2 is 1.96 bits per heavy atom. The third kappa shape index (κ3) is 3.33. The van der Waals surface area contributed by atoms with Gasteiger partial charge in [0, 0.05) is 23.4 Å². The van der Waals surface area contributed by atoms with E-state index < -0.39 is 0 Å². The zero-order chi connectivity index (χ0) is 17.2. The summed E-state index contributed by atoms with van der Waals surface area (Å²) in [5.41, 5.74) is 1.67. The molecule has 1 aliphatic rings. The van der Waals surface area contributed by atoms with E-state index in [-0.39, 0.29) is 11.8 Å². The van der Waals surface area contributed by atoms with Crippen molar-refractivity contribution in [1.29, 1.82) is 0 Å². The number of aromatic nitrogens is 1. The van der Waals surface area contributed by atoms with Gasteiger partial charge in [-0.1, -0.05) is 35.6 Å². The minimum Gasteiger partial charge on any atom is -0.333 e. The summed E-state index contributed by atoms with van der Waals surface area (Å²) in [6.07, 6.45) is 0.708. The molecule has 3 heterocycles. The Bertz CT molecular complexity index is 904. The van der Waals surface area contributed by atoms with Crippen LogP contribution in [-0.4, -0.2) is 28.2 Å². The zero-order valence-corrected chi connectivity index (χ0v) is 14.9. The summed E-state index contributed by atoms with van der Waals surface area (Å²) in [5, 5.41) is 5.32. The predicted octanol–water partition coefficient (Wildman–Crippen LogP) is 3.66. The molecule has 126 valence electrons. The van der Waals surface area contributed by atoms with Crippen molar-refractivity contribution >= 4 is 39.6 Å². The van der Waals surface area contributed by atoms with Crippen LogP contribution in [0.25, 0.3) is 0 Å². The number of benzene rings is 1. The fraction of sp³-hybridized carbons (Fsp3) is 0.167. The maximum Gasteiger partial charge on any atom is 0.267 e. The Kier molecular flexibility index (Phi) is 4.33. The van der Waals surface area contributed by atoms with Crippen molar-refractivity contribution < 1.29 is 9.59 Å². The second-order valence-electron chi connectivity index (χ2n) is 5.66. The van der Waals surface area contributed by atoms with E-state index in [1.165, 1.54) is 22.7 Å². The van der Waals surface area contributed by atoms with Crippen LogP contribution in [0.15, 0.2) is 47.8 Å². The van der Waals surface area contributed by atoms with E-state index in [4.69, 9.17) is 0 Å². The lowest BCUT2D eigenvalue weighted by atomic mass is 10.1. The molecule has 2 amide bonds. The molecule has 3 aromatic rings. The van der Waals surface area contributed by atoms with Gasteiger partial charge in [-0.3, -0.25) is 14.9 Å². The molecule has 25 heavy (non-hydrogen) atoms. The Morgan fingerprint density at radius 1 is 1.12 bits per heavy atom. The molecule has 2 aromatic heterocycles. The van der Waals surface area contributed by atoms with Crippen molar-refractivity contribution in [3.05, 3.63) is 68.9 Å². The fourth-order valence-corrected chi connectivity index (χ4v) is 4.39. The number of carbonyl (C=O) groups is 2. The molecule has 1 aliphatic heterocycles. The second-order valence-corrected chi connectivity index (χ2v) is 7.69. The number of anilines is 1. The van der Waals surface area contributed by atoms with E-state index >= 15 is 0 Å². The Hall–Kier alpha value is -2.51. The van der Waals surface area contributed by atoms with Gasteiger partial charge in [0.2, 0.25) is 0 Å². The summed E-state index contributed by atoms with van der Waals surface area (Å²) in [6.45, 7) is 1.18. The molecule has 0 spiro atoms. The van der Waals surface area contributed by atoms with Crippen LogP contribution in [-0.2, 0) is 13.0 Å². The number of thiophene rings is 1. The van der Waals surface area contributed by atoms with Gasteiger partial charge in [-0.15, -0.1) is 11.3 Å². The van der Waals surface area contributed by atoms with Gasteiger partial charge in [-0.25, -0.2) is 4.98 Å². The van der Waals surface area contributed by atoms with E-state index in [0.29, 0.717) is 35.1 Å². The number of carbonyl (C=O) groups excluding carboxylic acids is 2. The first kappa shape index (κ1) is 16.0. The van der Waals surface area contributed by atoms with Crippen LogP contribution in [0.4, 0.5) is 5.13 Å². The molecule has 0 bridgehead atoms. The van der Waals surface area contributed by atoms with Crippen molar-refractivity contribution in [3.63, 3.8) is 0 Å². The minimum atomic E-state index is -0.140. The van der Waals surface area contributed by atoms with Gasteiger partial charge in [0.25, 0.3) is 11.8 Å². The standard InChI is InChI=1S/C18H15N3O2S2/c22-16(14-7-4-10-24-14)20-18-19-13-8-9-21(11-15(13)25-18)17(23)12-5-2-1-3-6-12/h1-7,10H,8-9,11H2,(H,19,20,22). The molecule has 5 nitrogen and oxygen atoms in total. The molecule has 4 rings (SSSR count). The van der Waals surface area contributed by atoms with Crippen molar-refractivity contribution in [2.75, 3.05) is 11.9 Å². The number of hydrogen-bond acceptors (Lipinski definition) is 5. The summed E-state index contributed by atoms with van der Waals surface area (Å²) >= 11 is 2.84. The molecule has 1 N–H and O–H groups in total. The number of fused-ring (bicyclic) bond motifs is 1. The fourth-order valence-electron chi connectivity index (χ4n) is 2.75. The third-order valence-electron chi connectivity index (χ3n) is 4.00. The summed E-state index contributed by atoms with van der Waals surface area (Å²) < 4.78 is 0. The number of nitrogens with zero attached hydrogens (tertiary/aromatic N) is 2. The highest BCUT2D eigenvalue weighted by Gasteiger charge is 2.25. The number of nitrogens with one attached hydrogen (secondary N) is 1. The lowest BCUT2D eigenvalue weighted by Crippen LogP contribution is -2.35. The third-order valence-corrected chi connectivity index (χ3v) is 5.87. The first-order valence-electron chi connectivity index (χ1n) is 7.88. The zero-order valence-electron chi connectivity index (χ0n) is 13.3. The SMILES string of the molecule is O=C(Nc1nc2c(s1)CN(C(=O)c1ccccc1)CC2)c1cccs1. The molecule has 1 aromatic carbocycles. The predicted molar refractivity (Wildman–Crippen MR) is 99.3 cm³/mol. The van der Waals surface area contributed by atoms with Crippen molar-refractivity contribution in [2.24, 2.45) is 0 Å². The van der Waals surface area contributed by atoms with E-state index in [0.717, 1.165) is 10.6 Å². The molecule has 0 saturated heterocycles. The molecular weight excluding hydrogens is 354 g/mol. The molecule has 0 radical (unpaired) electrons. The number of hydrogen-bond donors (Lipinski definition) is 1. The lowest BCUT2D eigenvalue weighted by Gasteiger charge is -2.26.